The summed E-state index contributed by atoms with van der Waals surface area (Å²) >= 11 is 0. The van der Waals surface area contributed by atoms with Crippen molar-refractivity contribution in [3.05, 3.63) is 0 Å². The predicted molar refractivity (Wildman–Crippen MR) is 165 cm³/mol. The average molecular weight is 1020 g/mol. The number of rotatable bonds is 25. The molecule has 0 rings (SSSR count). The number of nitrogens with zero attached hydrogens (tertiary/aromatic N) is 2. The van der Waals surface area contributed by atoms with Crippen LogP contribution in [-0.2, 0) is 9.59 Å². The molecule has 0 saturated heterocycles. The molecule has 0 atom stereocenters. The van der Waals surface area contributed by atoms with Gasteiger partial charge in [-0.3, -0.25) is 9.59 Å². The minimum atomic E-state index is -8.08. The molecule has 0 radical (unpaired) electrons. The van der Waals surface area contributed by atoms with Gasteiger partial charge in [0.2, 0.25) is 0 Å². The molecule has 2 N–H and O–H groups in total. The minimum Gasteiger partial charge on any atom is -0.351 e. The molecule has 0 aromatic rings. The summed E-state index contributed by atoms with van der Waals surface area (Å²) in [6.07, 6.45) is -20.4. The van der Waals surface area contributed by atoms with Crippen LogP contribution in [-0.4, -0.2) is 171 Å². The average Bonchev–Trinajstić information content (AvgIpc) is 3.03. The maximum Gasteiger partial charge on any atom is 0.460 e. The van der Waals surface area contributed by atoms with E-state index in [1.807, 2.05) is 0 Å². The highest BCUT2D eigenvalue weighted by Crippen LogP contribution is 2.62. The van der Waals surface area contributed by atoms with E-state index in [2.05, 4.69) is 0 Å². The smallest absolute Gasteiger partial charge is 0.351 e. The molecule has 6 nitrogen and oxygen atoms in total. The highest BCUT2D eigenvalue weighted by atomic mass is 33.1. The molecule has 0 fully saturated rings. The van der Waals surface area contributed by atoms with Gasteiger partial charge in [-0.05, 0) is 0 Å². The van der Waals surface area contributed by atoms with Crippen molar-refractivity contribution in [3.8, 4) is 0 Å². The first-order chi connectivity index (χ1) is 26.9. The second-order valence-corrected chi connectivity index (χ2v) is 17.2. The number of amides is 2. The van der Waals surface area contributed by atoms with E-state index in [1.54, 1.807) is 0 Å². The zero-order valence-corrected chi connectivity index (χ0v) is 33.1. The molecule has 0 bridgehead atoms. The molecule has 62 heavy (non-hydrogen) atoms. The molecule has 0 heterocycles. The maximum absolute atomic E-state index is 13.9. The molecular formula is C28H34F26N4O2S2+2. The third kappa shape index (κ3) is 12.3. The van der Waals surface area contributed by atoms with Crippen molar-refractivity contribution in [1.82, 2.24) is 10.6 Å². The van der Waals surface area contributed by atoms with Crippen molar-refractivity contribution in [3.63, 3.8) is 0 Å². The van der Waals surface area contributed by atoms with E-state index in [0.717, 1.165) is 21.6 Å². The van der Waals surface area contributed by atoms with Gasteiger partial charge in [0.15, 0.2) is 13.1 Å². The fraction of sp³-hybridized carbons (Fsp3) is 0.929. The molecule has 0 spiro atoms. The zero-order valence-electron chi connectivity index (χ0n) is 31.4. The van der Waals surface area contributed by atoms with Gasteiger partial charge >= 0.3 is 71.6 Å². The normalized spacial score (nSPS) is 15.5. The molecule has 0 aliphatic carbocycles. The Morgan fingerprint density at radius 1 is 0.387 bits per heavy atom. The molecule has 0 saturated carbocycles. The molecule has 370 valence electrons. The van der Waals surface area contributed by atoms with E-state index in [4.69, 9.17) is 0 Å². The second-order valence-electron chi connectivity index (χ2n) is 14.5. The van der Waals surface area contributed by atoms with Crippen LogP contribution in [0.25, 0.3) is 0 Å². The van der Waals surface area contributed by atoms with Gasteiger partial charge in [0, 0.05) is 25.9 Å². The Morgan fingerprint density at radius 3 is 0.839 bits per heavy atom. The number of nitrogens with one attached hydrogen (secondary N) is 2. The highest BCUT2D eigenvalue weighted by Gasteiger charge is 2.92. The number of halogens is 26. The van der Waals surface area contributed by atoms with E-state index in [0.29, 0.717) is 0 Å². The van der Waals surface area contributed by atoms with Crippen LogP contribution in [0.4, 0.5) is 114 Å². The van der Waals surface area contributed by atoms with Crippen molar-refractivity contribution in [2.24, 2.45) is 0 Å². The Bertz CT molecular complexity index is 1410. The fourth-order valence-corrected chi connectivity index (χ4v) is 6.90. The second kappa shape index (κ2) is 18.9. The number of carbonyl (C=O) groups excluding carboxylic acids is 2. The van der Waals surface area contributed by atoms with Crippen LogP contribution in [0.3, 0.4) is 0 Å². The Labute approximate surface area is 340 Å². The van der Waals surface area contributed by atoms with E-state index >= 15 is 0 Å². The van der Waals surface area contributed by atoms with Gasteiger partial charge < -0.3 is 19.6 Å². The Balaban J connectivity index is 5.02. The van der Waals surface area contributed by atoms with Crippen molar-refractivity contribution in [2.75, 3.05) is 79.0 Å². The van der Waals surface area contributed by atoms with Gasteiger partial charge in [-0.15, -0.1) is 0 Å². The Hall–Kier alpha value is -2.26. The standard InChI is InChI=1S/C28H32F26N4O2S2/c1-57(2,13-15(59)55-7-5-17(29,30)19(33,34)21(37,38)23(41,42)25(45,46)27(49,50)51)9-11-61-62-12-10-58(3,4)14-16(60)56-8-6-18(31,32)20(35,36)22(39,40)24(43,44)26(47,48)28(52,53)54/h5-14H2,1-4H3/p+2. The summed E-state index contributed by atoms with van der Waals surface area (Å²) < 4.78 is 343. The van der Waals surface area contributed by atoms with Crippen LogP contribution in [0.15, 0.2) is 0 Å². The van der Waals surface area contributed by atoms with Crippen molar-refractivity contribution < 1.29 is 133 Å². The monoisotopic (exact) mass is 1020 g/mol. The van der Waals surface area contributed by atoms with Gasteiger partial charge in [0.05, 0.1) is 52.8 Å². The lowest BCUT2D eigenvalue weighted by molar-refractivity contribution is -0.879. The first kappa shape index (κ1) is 59.7. The summed E-state index contributed by atoms with van der Waals surface area (Å²) in [4.78, 5) is 24.3. The molecule has 34 heteroatoms. The molecule has 2 amide bonds. The SMILES string of the molecule is C[N+](C)(CCSSCC[N+](C)(C)CC(=O)NCCC(F)(F)C(F)(F)C(F)(F)C(F)(F)C(F)(F)C(F)(F)F)CC(=O)NCCC(F)(F)C(F)(F)C(F)(F)C(F)(F)C(F)(F)C(F)(F)F. The highest BCUT2D eigenvalue weighted by molar-refractivity contribution is 8.76. The molecule has 0 unspecified atom stereocenters. The third-order valence-electron chi connectivity index (χ3n) is 8.31. The molecule has 0 aliphatic rings. The van der Waals surface area contributed by atoms with Crippen molar-refractivity contribution in [2.45, 2.75) is 84.4 Å². The zero-order chi connectivity index (χ0) is 50.1. The van der Waals surface area contributed by atoms with Crippen LogP contribution >= 0.6 is 21.6 Å². The van der Waals surface area contributed by atoms with E-state index < -0.39 is 122 Å². The summed E-state index contributed by atoms with van der Waals surface area (Å²) in [5.41, 5.74) is 0. The summed E-state index contributed by atoms with van der Waals surface area (Å²) in [6, 6.07) is 0. The predicted octanol–water partition coefficient (Wildman–Crippen LogP) is 9.01. The topological polar surface area (TPSA) is 58.2 Å². The first-order valence-corrected chi connectivity index (χ1v) is 18.7. The lowest BCUT2D eigenvalue weighted by atomic mass is 9.92. The van der Waals surface area contributed by atoms with Gasteiger partial charge in [-0.25, -0.2) is 0 Å². The minimum absolute atomic E-state index is 0.0205. The van der Waals surface area contributed by atoms with Crippen LogP contribution in [0.5, 0.6) is 0 Å². The number of likely N-dealkylation sites (N-methyl/N-ethyl adjacent to an activating group) is 2. The summed E-state index contributed by atoms with van der Waals surface area (Å²) in [6.45, 7) is -4.71. The Morgan fingerprint density at radius 2 is 0.613 bits per heavy atom. The van der Waals surface area contributed by atoms with Crippen molar-refractivity contribution in [1.29, 1.82) is 0 Å². The van der Waals surface area contributed by atoms with Gasteiger partial charge in [-0.2, -0.15) is 114 Å². The van der Waals surface area contributed by atoms with Crippen LogP contribution < -0.4 is 10.6 Å². The molecular weight excluding hydrogens is 982 g/mol. The van der Waals surface area contributed by atoms with Gasteiger partial charge in [-0.1, -0.05) is 21.6 Å². The van der Waals surface area contributed by atoms with E-state index in [1.165, 1.54) is 38.8 Å². The Kier molecular flexibility index (Phi) is 18.2. The number of alkyl halides is 26. The molecule has 0 aromatic carbocycles. The largest absolute Gasteiger partial charge is 0.460 e. The van der Waals surface area contributed by atoms with Gasteiger partial charge in [0.25, 0.3) is 11.8 Å². The summed E-state index contributed by atoms with van der Waals surface area (Å²) in [5.74, 6) is -78.0. The molecule has 0 aromatic heterocycles. The quantitative estimate of drug-likeness (QED) is 0.0416. The van der Waals surface area contributed by atoms with E-state index in [9.17, 15) is 124 Å². The molecule has 0 aliphatic heterocycles. The number of hydrogen-bond acceptors (Lipinski definition) is 4. The van der Waals surface area contributed by atoms with Gasteiger partial charge in [0.1, 0.15) is 0 Å². The number of carbonyl (C=O) groups is 2. The van der Waals surface area contributed by atoms with Crippen LogP contribution in [0, 0.1) is 0 Å². The number of quaternary nitrogens is 2. The summed E-state index contributed by atoms with van der Waals surface area (Å²) in [7, 11) is 7.41. The lowest BCUT2D eigenvalue weighted by Crippen LogP contribution is -2.70. The fourth-order valence-electron chi connectivity index (χ4n) is 4.37. The first-order valence-electron chi connectivity index (χ1n) is 16.2. The third-order valence-corrected chi connectivity index (χ3v) is 10.7. The van der Waals surface area contributed by atoms with Crippen LogP contribution in [0.1, 0.15) is 12.8 Å². The summed E-state index contributed by atoms with van der Waals surface area (Å²) in [5, 5.41) is 3.08. The maximum atomic E-state index is 13.9. The van der Waals surface area contributed by atoms with E-state index in [-0.39, 0.29) is 33.6 Å². The number of hydrogen-bond donors (Lipinski definition) is 2. The van der Waals surface area contributed by atoms with Crippen molar-refractivity contribution >= 4 is 33.4 Å². The lowest BCUT2D eigenvalue weighted by Gasteiger charge is -2.39. The van der Waals surface area contributed by atoms with Crippen LogP contribution in [0.2, 0.25) is 0 Å².